The van der Waals surface area contributed by atoms with E-state index in [1.54, 1.807) is 6.92 Å². The Morgan fingerprint density at radius 3 is 2.67 bits per heavy atom. The molecule has 0 radical (unpaired) electrons. The van der Waals surface area contributed by atoms with Crippen molar-refractivity contribution in [2.75, 3.05) is 27.2 Å². The van der Waals surface area contributed by atoms with Crippen LogP contribution < -0.4 is 10.6 Å². The molecule has 2 unspecified atom stereocenters. The fraction of sp³-hybridized carbons (Fsp3) is 0.833. The standard InChI is InChI=1S/C12H23N3O3/c1-12(10(16)17)6-4-5-9(12)14-11(18)13-7-8-15(2)3/h9H,4-8H2,1-3H3,(H,16,17)(H2,13,14,18). The lowest BCUT2D eigenvalue weighted by Crippen LogP contribution is -2.50. The molecule has 0 heterocycles. The molecule has 0 aromatic rings. The third-order valence-corrected chi connectivity index (χ3v) is 3.60. The fourth-order valence-electron chi connectivity index (χ4n) is 2.26. The van der Waals surface area contributed by atoms with Gasteiger partial charge in [-0.1, -0.05) is 6.42 Å². The molecular formula is C12H23N3O3. The van der Waals surface area contributed by atoms with Gasteiger partial charge >= 0.3 is 12.0 Å². The van der Waals surface area contributed by atoms with E-state index in [0.717, 1.165) is 19.4 Å². The average Bonchev–Trinajstić information content (AvgIpc) is 2.61. The van der Waals surface area contributed by atoms with Crippen LogP contribution in [0.1, 0.15) is 26.2 Å². The van der Waals surface area contributed by atoms with Gasteiger partial charge in [0.15, 0.2) is 0 Å². The van der Waals surface area contributed by atoms with Crippen molar-refractivity contribution in [2.45, 2.75) is 32.2 Å². The normalized spacial score (nSPS) is 27.2. The van der Waals surface area contributed by atoms with Crippen molar-refractivity contribution in [3.05, 3.63) is 0 Å². The van der Waals surface area contributed by atoms with E-state index >= 15 is 0 Å². The zero-order chi connectivity index (χ0) is 13.8. The van der Waals surface area contributed by atoms with Crippen LogP contribution in [0.15, 0.2) is 0 Å². The number of hydrogen-bond acceptors (Lipinski definition) is 3. The van der Waals surface area contributed by atoms with Crippen molar-refractivity contribution in [3.63, 3.8) is 0 Å². The van der Waals surface area contributed by atoms with Gasteiger partial charge in [0.25, 0.3) is 0 Å². The topological polar surface area (TPSA) is 81.7 Å². The molecule has 2 amide bonds. The van der Waals surface area contributed by atoms with Crippen molar-refractivity contribution in [2.24, 2.45) is 5.41 Å². The summed E-state index contributed by atoms with van der Waals surface area (Å²) in [6, 6.07) is -0.564. The Labute approximate surface area is 108 Å². The van der Waals surface area contributed by atoms with Crippen LogP contribution in [-0.4, -0.2) is 55.2 Å². The van der Waals surface area contributed by atoms with Crippen LogP contribution in [0.5, 0.6) is 0 Å². The summed E-state index contributed by atoms with van der Waals surface area (Å²) in [5.41, 5.74) is -0.834. The molecule has 0 aromatic heterocycles. The van der Waals surface area contributed by atoms with Crippen LogP contribution in [0, 0.1) is 5.41 Å². The summed E-state index contributed by atoms with van der Waals surface area (Å²) in [5, 5.41) is 14.7. The van der Waals surface area contributed by atoms with E-state index in [1.807, 2.05) is 19.0 Å². The molecule has 3 N–H and O–H groups in total. The number of amides is 2. The monoisotopic (exact) mass is 257 g/mol. The van der Waals surface area contributed by atoms with Crippen LogP contribution in [0.4, 0.5) is 4.79 Å². The molecule has 104 valence electrons. The number of carbonyl (C=O) groups is 2. The lowest BCUT2D eigenvalue weighted by Gasteiger charge is -2.27. The minimum atomic E-state index is -0.835. The van der Waals surface area contributed by atoms with E-state index in [4.69, 9.17) is 0 Å². The zero-order valence-electron chi connectivity index (χ0n) is 11.3. The third-order valence-electron chi connectivity index (χ3n) is 3.60. The van der Waals surface area contributed by atoms with E-state index in [1.165, 1.54) is 0 Å². The number of hydrogen-bond donors (Lipinski definition) is 3. The number of nitrogens with one attached hydrogen (secondary N) is 2. The van der Waals surface area contributed by atoms with Gasteiger partial charge in [-0.05, 0) is 33.9 Å². The summed E-state index contributed by atoms with van der Waals surface area (Å²) < 4.78 is 0. The highest BCUT2D eigenvalue weighted by Crippen LogP contribution is 2.38. The molecule has 1 fully saturated rings. The maximum absolute atomic E-state index is 11.7. The Morgan fingerprint density at radius 2 is 2.11 bits per heavy atom. The molecule has 0 saturated heterocycles. The summed E-state index contributed by atoms with van der Waals surface area (Å²) in [6.45, 7) is 3.01. The van der Waals surface area contributed by atoms with Crippen LogP contribution in [0.25, 0.3) is 0 Å². The number of carbonyl (C=O) groups excluding carboxylic acids is 1. The van der Waals surface area contributed by atoms with Crippen LogP contribution in [0.2, 0.25) is 0 Å². The number of aliphatic carboxylic acids is 1. The van der Waals surface area contributed by atoms with Gasteiger partial charge in [-0.15, -0.1) is 0 Å². The van der Waals surface area contributed by atoms with E-state index in [9.17, 15) is 14.7 Å². The van der Waals surface area contributed by atoms with E-state index in [-0.39, 0.29) is 12.1 Å². The Balaban J connectivity index is 2.42. The number of likely N-dealkylation sites (N-methyl/N-ethyl adjacent to an activating group) is 1. The van der Waals surface area contributed by atoms with Gasteiger partial charge in [-0.25, -0.2) is 4.79 Å². The Bertz CT molecular complexity index is 320. The SMILES string of the molecule is CN(C)CCNC(=O)NC1CCCC1(C)C(=O)O. The molecule has 1 aliphatic carbocycles. The largest absolute Gasteiger partial charge is 0.481 e. The minimum Gasteiger partial charge on any atom is -0.481 e. The Morgan fingerprint density at radius 1 is 1.44 bits per heavy atom. The molecule has 0 aliphatic heterocycles. The highest BCUT2D eigenvalue weighted by Gasteiger charge is 2.45. The second kappa shape index (κ2) is 6.04. The molecule has 2 atom stereocenters. The number of carboxylic acids is 1. The minimum absolute atomic E-state index is 0.281. The maximum atomic E-state index is 11.7. The first-order valence-corrected chi connectivity index (χ1v) is 6.29. The van der Waals surface area contributed by atoms with Gasteiger partial charge in [-0.3, -0.25) is 4.79 Å². The second-order valence-corrected chi connectivity index (χ2v) is 5.37. The summed E-state index contributed by atoms with van der Waals surface area (Å²) in [5.74, 6) is -0.835. The summed E-state index contributed by atoms with van der Waals surface area (Å²) in [6.07, 6.45) is 2.18. The second-order valence-electron chi connectivity index (χ2n) is 5.37. The average molecular weight is 257 g/mol. The summed E-state index contributed by atoms with van der Waals surface area (Å²) >= 11 is 0. The number of carboxylic acid groups (broad SMARTS) is 1. The molecule has 1 rings (SSSR count). The number of nitrogens with zero attached hydrogens (tertiary/aromatic N) is 1. The first-order valence-electron chi connectivity index (χ1n) is 6.29. The van der Waals surface area contributed by atoms with Crippen molar-refractivity contribution in [1.82, 2.24) is 15.5 Å². The highest BCUT2D eigenvalue weighted by atomic mass is 16.4. The predicted octanol–water partition coefficient (Wildman–Crippen LogP) is 0.491. The smallest absolute Gasteiger partial charge is 0.315 e. The van der Waals surface area contributed by atoms with Crippen molar-refractivity contribution in [1.29, 1.82) is 0 Å². The number of urea groups is 1. The van der Waals surface area contributed by atoms with E-state index in [0.29, 0.717) is 13.0 Å². The maximum Gasteiger partial charge on any atom is 0.315 e. The highest BCUT2D eigenvalue weighted by molar-refractivity contribution is 5.79. The Hall–Kier alpha value is -1.30. The van der Waals surface area contributed by atoms with Crippen molar-refractivity contribution >= 4 is 12.0 Å². The molecule has 1 aliphatic rings. The fourth-order valence-corrected chi connectivity index (χ4v) is 2.26. The first-order chi connectivity index (χ1) is 8.36. The lowest BCUT2D eigenvalue weighted by molar-refractivity contribution is -0.148. The molecule has 0 bridgehead atoms. The molecule has 1 saturated carbocycles. The molecule has 18 heavy (non-hydrogen) atoms. The van der Waals surface area contributed by atoms with E-state index in [2.05, 4.69) is 10.6 Å². The molecular weight excluding hydrogens is 234 g/mol. The van der Waals surface area contributed by atoms with Crippen molar-refractivity contribution < 1.29 is 14.7 Å². The van der Waals surface area contributed by atoms with Gasteiger partial charge in [-0.2, -0.15) is 0 Å². The predicted molar refractivity (Wildman–Crippen MR) is 68.5 cm³/mol. The van der Waals surface area contributed by atoms with Gasteiger partial charge in [0.05, 0.1) is 5.41 Å². The molecule has 0 spiro atoms. The quantitative estimate of drug-likeness (QED) is 0.669. The number of rotatable bonds is 5. The zero-order valence-corrected chi connectivity index (χ0v) is 11.3. The Kier molecular flexibility index (Phi) is 4.95. The van der Waals surface area contributed by atoms with Gasteiger partial charge in [0.2, 0.25) is 0 Å². The third kappa shape index (κ3) is 3.60. The molecule has 6 heteroatoms. The summed E-state index contributed by atoms with van der Waals surface area (Å²) in [7, 11) is 3.86. The van der Waals surface area contributed by atoms with Gasteiger partial charge in [0, 0.05) is 19.1 Å². The van der Waals surface area contributed by atoms with Crippen LogP contribution >= 0.6 is 0 Å². The van der Waals surface area contributed by atoms with E-state index < -0.39 is 11.4 Å². The molecule has 6 nitrogen and oxygen atoms in total. The van der Waals surface area contributed by atoms with Crippen LogP contribution in [-0.2, 0) is 4.79 Å². The van der Waals surface area contributed by atoms with Crippen molar-refractivity contribution in [3.8, 4) is 0 Å². The van der Waals surface area contributed by atoms with Crippen LogP contribution in [0.3, 0.4) is 0 Å². The molecule has 0 aromatic carbocycles. The van der Waals surface area contributed by atoms with Gasteiger partial charge < -0.3 is 20.6 Å². The van der Waals surface area contributed by atoms with Gasteiger partial charge in [0.1, 0.15) is 0 Å². The lowest BCUT2D eigenvalue weighted by atomic mass is 9.85. The summed E-state index contributed by atoms with van der Waals surface area (Å²) in [4.78, 5) is 24.9. The first kappa shape index (κ1) is 14.8.